The summed E-state index contributed by atoms with van der Waals surface area (Å²) in [6.45, 7) is 4.79. The van der Waals surface area contributed by atoms with Crippen LogP contribution in [0.2, 0.25) is 5.02 Å². The molecule has 0 aliphatic heterocycles. The van der Waals surface area contributed by atoms with E-state index in [1.54, 1.807) is 18.2 Å². The molecule has 0 saturated heterocycles. The molecule has 0 radical (unpaired) electrons. The molecule has 0 aliphatic carbocycles. The molecule has 3 aromatic rings. The molecule has 0 bridgehead atoms. The first-order valence-electron chi connectivity index (χ1n) is 10.5. The highest BCUT2D eigenvalue weighted by Crippen LogP contribution is 2.24. The second kappa shape index (κ2) is 11.4. The first-order valence-corrected chi connectivity index (χ1v) is 10.9. The predicted octanol–water partition coefficient (Wildman–Crippen LogP) is 6.07. The molecule has 1 atom stereocenters. The second-order valence-corrected chi connectivity index (χ2v) is 7.83. The van der Waals surface area contributed by atoms with Crippen molar-refractivity contribution in [2.75, 3.05) is 6.61 Å². The van der Waals surface area contributed by atoms with Crippen LogP contribution in [0.4, 0.5) is 0 Å². The molecule has 0 fully saturated rings. The summed E-state index contributed by atoms with van der Waals surface area (Å²) in [7, 11) is 0. The summed E-state index contributed by atoms with van der Waals surface area (Å²) in [5, 5.41) is 3.74. The van der Waals surface area contributed by atoms with Crippen LogP contribution in [0.15, 0.2) is 72.8 Å². The van der Waals surface area contributed by atoms with E-state index in [-0.39, 0.29) is 11.9 Å². The monoisotopic (exact) mass is 437 g/mol. The Labute approximate surface area is 189 Å². The fourth-order valence-electron chi connectivity index (χ4n) is 3.23. The molecular formula is C26H28ClNO3. The van der Waals surface area contributed by atoms with Gasteiger partial charge in [-0.3, -0.25) is 4.79 Å². The standard InChI is InChI=1S/C26H28ClNO3/c1-3-30-25-16-11-21(17-22(25)18-31-24-14-12-23(27)13-15-24)26(29)28-19(2)9-10-20-7-5-4-6-8-20/h4-8,11-17,19H,3,9-10,18H2,1-2H3,(H,28,29)/t19-/m1/s1. The summed E-state index contributed by atoms with van der Waals surface area (Å²) >= 11 is 5.93. The van der Waals surface area contributed by atoms with Crippen LogP contribution >= 0.6 is 11.6 Å². The number of ether oxygens (including phenoxy) is 2. The van der Waals surface area contributed by atoms with Gasteiger partial charge in [0.2, 0.25) is 0 Å². The van der Waals surface area contributed by atoms with E-state index in [0.717, 1.165) is 18.4 Å². The van der Waals surface area contributed by atoms with Crippen molar-refractivity contribution in [3.05, 3.63) is 94.5 Å². The molecule has 162 valence electrons. The van der Waals surface area contributed by atoms with Crippen molar-refractivity contribution in [3.8, 4) is 11.5 Å². The quantitative estimate of drug-likeness (QED) is 0.418. The van der Waals surface area contributed by atoms with E-state index in [1.807, 2.05) is 56.3 Å². The molecule has 0 aromatic heterocycles. The van der Waals surface area contributed by atoms with Gasteiger partial charge in [-0.15, -0.1) is 0 Å². The first kappa shape index (κ1) is 22.7. The minimum absolute atomic E-state index is 0.0630. The summed E-state index contributed by atoms with van der Waals surface area (Å²) in [5.74, 6) is 1.32. The summed E-state index contributed by atoms with van der Waals surface area (Å²) in [4.78, 5) is 12.8. The molecule has 1 N–H and O–H groups in total. The predicted molar refractivity (Wildman–Crippen MR) is 125 cm³/mol. The van der Waals surface area contributed by atoms with Gasteiger partial charge in [0.15, 0.2) is 0 Å². The number of carbonyl (C=O) groups excluding carboxylic acids is 1. The van der Waals surface area contributed by atoms with Gasteiger partial charge in [0.1, 0.15) is 18.1 Å². The zero-order valence-corrected chi connectivity index (χ0v) is 18.7. The van der Waals surface area contributed by atoms with E-state index in [9.17, 15) is 4.79 Å². The Bertz CT molecular complexity index is 974. The molecule has 5 heteroatoms. The van der Waals surface area contributed by atoms with Gasteiger partial charge in [-0.25, -0.2) is 0 Å². The van der Waals surface area contributed by atoms with Crippen molar-refractivity contribution in [3.63, 3.8) is 0 Å². The van der Waals surface area contributed by atoms with E-state index in [0.29, 0.717) is 35.3 Å². The van der Waals surface area contributed by atoms with Crippen molar-refractivity contribution >= 4 is 17.5 Å². The Morgan fingerprint density at radius 3 is 2.45 bits per heavy atom. The third-order valence-corrected chi connectivity index (χ3v) is 5.17. The van der Waals surface area contributed by atoms with Gasteiger partial charge in [0.05, 0.1) is 6.61 Å². The summed E-state index contributed by atoms with van der Waals surface area (Å²) in [5.41, 5.74) is 2.68. The molecule has 1 amide bonds. The fourth-order valence-corrected chi connectivity index (χ4v) is 3.35. The Hall–Kier alpha value is -2.98. The Kier molecular flexibility index (Phi) is 8.36. The lowest BCUT2D eigenvalue weighted by Gasteiger charge is -2.16. The molecular weight excluding hydrogens is 410 g/mol. The van der Waals surface area contributed by atoms with Gasteiger partial charge in [0.25, 0.3) is 5.91 Å². The number of hydrogen-bond donors (Lipinski definition) is 1. The molecule has 0 saturated carbocycles. The number of benzene rings is 3. The Morgan fingerprint density at radius 1 is 1.00 bits per heavy atom. The van der Waals surface area contributed by atoms with Gasteiger partial charge in [-0.05, 0) is 74.7 Å². The van der Waals surface area contributed by atoms with Gasteiger partial charge >= 0.3 is 0 Å². The van der Waals surface area contributed by atoms with Gasteiger partial charge in [0, 0.05) is 22.2 Å². The molecule has 4 nitrogen and oxygen atoms in total. The lowest BCUT2D eigenvalue weighted by molar-refractivity contribution is 0.0938. The van der Waals surface area contributed by atoms with Crippen LogP contribution in [0.25, 0.3) is 0 Å². The third-order valence-electron chi connectivity index (χ3n) is 4.92. The molecule has 3 aromatic carbocycles. The Morgan fingerprint density at radius 2 is 1.74 bits per heavy atom. The smallest absolute Gasteiger partial charge is 0.251 e. The Balaban J connectivity index is 1.63. The highest BCUT2D eigenvalue weighted by molar-refractivity contribution is 6.30. The van der Waals surface area contributed by atoms with E-state index in [2.05, 4.69) is 17.4 Å². The first-order chi connectivity index (χ1) is 15.0. The zero-order valence-electron chi connectivity index (χ0n) is 17.9. The average Bonchev–Trinajstić information content (AvgIpc) is 2.79. The third kappa shape index (κ3) is 7.04. The molecule has 0 spiro atoms. The number of carbonyl (C=O) groups is 1. The van der Waals surface area contributed by atoms with Gasteiger partial charge in [-0.2, -0.15) is 0 Å². The van der Waals surface area contributed by atoms with Crippen molar-refractivity contribution in [2.24, 2.45) is 0 Å². The normalized spacial score (nSPS) is 11.6. The van der Waals surface area contributed by atoms with E-state index < -0.39 is 0 Å². The molecule has 3 rings (SSSR count). The highest BCUT2D eigenvalue weighted by atomic mass is 35.5. The second-order valence-electron chi connectivity index (χ2n) is 7.40. The van der Waals surface area contributed by atoms with E-state index in [1.165, 1.54) is 5.56 Å². The van der Waals surface area contributed by atoms with Crippen molar-refractivity contribution < 1.29 is 14.3 Å². The van der Waals surface area contributed by atoms with E-state index >= 15 is 0 Å². The minimum atomic E-state index is -0.101. The largest absolute Gasteiger partial charge is 0.493 e. The van der Waals surface area contributed by atoms with Crippen LogP contribution in [0.5, 0.6) is 11.5 Å². The summed E-state index contributed by atoms with van der Waals surface area (Å²) in [6.07, 6.45) is 1.80. The number of nitrogens with one attached hydrogen (secondary N) is 1. The number of aryl methyl sites for hydroxylation is 1. The number of halogens is 1. The van der Waals surface area contributed by atoms with Crippen molar-refractivity contribution in [1.29, 1.82) is 0 Å². The number of hydrogen-bond acceptors (Lipinski definition) is 3. The zero-order chi connectivity index (χ0) is 22.1. The van der Waals surface area contributed by atoms with Crippen LogP contribution in [0.3, 0.4) is 0 Å². The fraction of sp³-hybridized carbons (Fsp3) is 0.269. The van der Waals surface area contributed by atoms with Gasteiger partial charge < -0.3 is 14.8 Å². The lowest BCUT2D eigenvalue weighted by atomic mass is 10.1. The highest BCUT2D eigenvalue weighted by Gasteiger charge is 2.14. The maximum Gasteiger partial charge on any atom is 0.251 e. The lowest BCUT2D eigenvalue weighted by Crippen LogP contribution is -2.33. The van der Waals surface area contributed by atoms with E-state index in [4.69, 9.17) is 21.1 Å². The van der Waals surface area contributed by atoms with Crippen LogP contribution < -0.4 is 14.8 Å². The molecule has 0 heterocycles. The molecule has 31 heavy (non-hydrogen) atoms. The average molecular weight is 438 g/mol. The van der Waals surface area contributed by atoms with Crippen molar-refractivity contribution in [2.45, 2.75) is 39.3 Å². The SMILES string of the molecule is CCOc1ccc(C(=O)N[C@H](C)CCc2ccccc2)cc1COc1ccc(Cl)cc1. The summed E-state index contributed by atoms with van der Waals surface area (Å²) in [6, 6.07) is 23.0. The van der Waals surface area contributed by atoms with Crippen LogP contribution in [-0.2, 0) is 13.0 Å². The van der Waals surface area contributed by atoms with Crippen LogP contribution in [0.1, 0.15) is 41.8 Å². The number of amides is 1. The van der Waals surface area contributed by atoms with Gasteiger partial charge in [-0.1, -0.05) is 41.9 Å². The summed E-state index contributed by atoms with van der Waals surface area (Å²) < 4.78 is 11.6. The topological polar surface area (TPSA) is 47.6 Å². The van der Waals surface area contributed by atoms with Crippen LogP contribution in [0, 0.1) is 0 Å². The molecule has 0 unspecified atom stereocenters. The maximum absolute atomic E-state index is 12.8. The minimum Gasteiger partial charge on any atom is -0.493 e. The number of rotatable bonds is 10. The van der Waals surface area contributed by atoms with Crippen LogP contribution in [-0.4, -0.2) is 18.6 Å². The maximum atomic E-state index is 12.8. The van der Waals surface area contributed by atoms with Crippen molar-refractivity contribution in [1.82, 2.24) is 5.32 Å². The molecule has 0 aliphatic rings.